The van der Waals surface area contributed by atoms with E-state index in [1.165, 1.54) is 28.4 Å². The Labute approximate surface area is 163 Å². The van der Waals surface area contributed by atoms with E-state index < -0.39 is 47.5 Å². The van der Waals surface area contributed by atoms with Crippen molar-refractivity contribution in [1.82, 2.24) is 0 Å². The van der Waals surface area contributed by atoms with Crippen molar-refractivity contribution >= 4 is 23.9 Å². The Bertz CT molecular complexity index is 657. The average molecular weight is 394 g/mol. The number of esters is 4. The number of hydrogen-bond donors (Lipinski definition) is 0. The van der Waals surface area contributed by atoms with Crippen LogP contribution in [0.1, 0.15) is 12.8 Å². The fourth-order valence-corrected chi connectivity index (χ4v) is 7.25. The number of hydrogen-bond acceptors (Lipinski definition) is 8. The van der Waals surface area contributed by atoms with Crippen molar-refractivity contribution in [2.75, 3.05) is 28.4 Å². The molecule has 10 unspecified atom stereocenters. The third-order valence-corrected chi connectivity index (χ3v) is 8.02. The summed E-state index contributed by atoms with van der Waals surface area (Å²) in [5.74, 6) is -3.74. The van der Waals surface area contributed by atoms with Crippen LogP contribution in [0.25, 0.3) is 0 Å². The number of ether oxygens (including phenoxy) is 4. The summed E-state index contributed by atoms with van der Waals surface area (Å²) < 4.78 is 19.9. The molecule has 0 radical (unpaired) electrons. The van der Waals surface area contributed by atoms with Gasteiger partial charge in [0.25, 0.3) is 0 Å². The lowest BCUT2D eigenvalue weighted by Gasteiger charge is -2.74. The topological polar surface area (TPSA) is 105 Å². The van der Waals surface area contributed by atoms with Gasteiger partial charge < -0.3 is 18.9 Å². The zero-order chi connectivity index (χ0) is 20.3. The van der Waals surface area contributed by atoms with Crippen molar-refractivity contribution in [3.05, 3.63) is 0 Å². The molecule has 0 spiro atoms. The van der Waals surface area contributed by atoms with Gasteiger partial charge in [0, 0.05) is 0 Å². The highest BCUT2D eigenvalue weighted by atomic mass is 16.5. The van der Waals surface area contributed by atoms with E-state index in [2.05, 4.69) is 0 Å². The zero-order valence-electron chi connectivity index (χ0n) is 16.5. The highest BCUT2D eigenvalue weighted by Crippen LogP contribution is 2.75. The van der Waals surface area contributed by atoms with Crippen molar-refractivity contribution < 1.29 is 38.1 Å². The van der Waals surface area contributed by atoms with Crippen LogP contribution in [-0.2, 0) is 38.1 Å². The molecule has 0 heterocycles. The number of carbonyl (C=O) groups is 4. The van der Waals surface area contributed by atoms with E-state index in [4.69, 9.17) is 18.9 Å². The minimum absolute atomic E-state index is 0.0138. The first-order chi connectivity index (χ1) is 13.4. The van der Waals surface area contributed by atoms with E-state index in [9.17, 15) is 19.2 Å². The Balaban J connectivity index is 1.70. The molecule has 154 valence electrons. The van der Waals surface area contributed by atoms with Gasteiger partial charge in [0.2, 0.25) is 0 Å². The van der Waals surface area contributed by atoms with Gasteiger partial charge in [-0.2, -0.15) is 0 Å². The molecule has 0 aromatic rings. The van der Waals surface area contributed by atoms with Crippen molar-refractivity contribution in [1.29, 1.82) is 0 Å². The van der Waals surface area contributed by atoms with Crippen LogP contribution in [0, 0.1) is 59.2 Å². The van der Waals surface area contributed by atoms with Gasteiger partial charge in [-0.05, 0) is 48.3 Å². The third-order valence-electron chi connectivity index (χ3n) is 8.02. The maximum absolute atomic E-state index is 12.6. The quantitative estimate of drug-likeness (QED) is 0.506. The second kappa shape index (κ2) is 6.74. The third kappa shape index (κ3) is 2.23. The van der Waals surface area contributed by atoms with Gasteiger partial charge in [-0.15, -0.1) is 0 Å². The molecule has 0 aromatic carbocycles. The lowest BCUT2D eigenvalue weighted by atomic mass is 9.28. The molecule has 5 aliphatic rings. The molecule has 28 heavy (non-hydrogen) atoms. The molecule has 10 atom stereocenters. The summed E-state index contributed by atoms with van der Waals surface area (Å²) in [7, 11) is 5.29. The Morgan fingerprint density at radius 1 is 0.500 bits per heavy atom. The molecule has 0 saturated heterocycles. The van der Waals surface area contributed by atoms with Crippen molar-refractivity contribution in [3.8, 4) is 0 Å². The van der Waals surface area contributed by atoms with E-state index >= 15 is 0 Å². The van der Waals surface area contributed by atoms with E-state index in [0.717, 1.165) is 12.8 Å². The zero-order valence-corrected chi connectivity index (χ0v) is 16.5. The summed E-state index contributed by atoms with van der Waals surface area (Å²) in [6.45, 7) is 0. The summed E-state index contributed by atoms with van der Waals surface area (Å²) in [6.07, 6.45) is 1.61. The lowest BCUT2D eigenvalue weighted by Crippen LogP contribution is -2.76. The van der Waals surface area contributed by atoms with Crippen molar-refractivity contribution in [2.45, 2.75) is 12.8 Å². The minimum Gasteiger partial charge on any atom is -0.469 e. The lowest BCUT2D eigenvalue weighted by molar-refractivity contribution is -0.290. The van der Waals surface area contributed by atoms with Crippen LogP contribution >= 0.6 is 0 Å². The van der Waals surface area contributed by atoms with Gasteiger partial charge in [-0.1, -0.05) is 0 Å². The molecule has 5 fully saturated rings. The molecule has 0 aliphatic heterocycles. The van der Waals surface area contributed by atoms with Gasteiger partial charge >= 0.3 is 23.9 Å². The molecule has 0 amide bonds. The average Bonchev–Trinajstić information content (AvgIpc) is 2.71. The number of fused-ring (bicyclic) bond motifs is 3. The largest absolute Gasteiger partial charge is 0.469 e. The second-order valence-corrected chi connectivity index (χ2v) is 8.41. The predicted molar refractivity (Wildman–Crippen MR) is 92.2 cm³/mol. The van der Waals surface area contributed by atoms with Gasteiger partial charge in [0.15, 0.2) is 0 Å². The summed E-state index contributed by atoms with van der Waals surface area (Å²) >= 11 is 0. The summed E-state index contributed by atoms with van der Waals surface area (Å²) in [4.78, 5) is 49.9. The van der Waals surface area contributed by atoms with Gasteiger partial charge in [0.1, 0.15) is 0 Å². The van der Waals surface area contributed by atoms with Crippen LogP contribution in [0.15, 0.2) is 0 Å². The monoisotopic (exact) mass is 394 g/mol. The Morgan fingerprint density at radius 3 is 1.07 bits per heavy atom. The van der Waals surface area contributed by atoms with Crippen molar-refractivity contribution in [3.63, 3.8) is 0 Å². The minimum atomic E-state index is -0.561. The van der Waals surface area contributed by atoms with Crippen LogP contribution in [-0.4, -0.2) is 52.3 Å². The summed E-state index contributed by atoms with van der Waals surface area (Å²) in [6, 6.07) is 0. The number of methoxy groups -OCH3 is 4. The Kier molecular flexibility index (Phi) is 4.62. The van der Waals surface area contributed by atoms with E-state index in [1.807, 2.05) is 0 Å². The van der Waals surface area contributed by atoms with Crippen LogP contribution in [0.4, 0.5) is 0 Å². The fraction of sp³-hybridized carbons (Fsp3) is 0.800. The fourth-order valence-electron chi connectivity index (χ4n) is 7.25. The molecule has 0 N–H and O–H groups in total. The SMILES string of the molecule is COC(=O)C1C2CCC(C1C(=O)OC)C1C2C2C(C(=O)OC)C(C(=O)OC)C12. The number of carbonyl (C=O) groups excluding carboxylic acids is 4. The second-order valence-electron chi connectivity index (χ2n) is 8.41. The highest BCUT2D eigenvalue weighted by Gasteiger charge is 2.78. The van der Waals surface area contributed by atoms with E-state index in [1.54, 1.807) is 0 Å². The molecule has 8 heteroatoms. The van der Waals surface area contributed by atoms with Crippen LogP contribution in [0.2, 0.25) is 0 Å². The summed E-state index contributed by atoms with van der Waals surface area (Å²) in [5, 5.41) is 0. The van der Waals surface area contributed by atoms with Crippen molar-refractivity contribution in [2.24, 2.45) is 59.2 Å². The number of rotatable bonds is 4. The molecular weight excluding hydrogens is 368 g/mol. The van der Waals surface area contributed by atoms with Crippen LogP contribution in [0.3, 0.4) is 0 Å². The summed E-state index contributed by atoms with van der Waals surface area (Å²) in [5.41, 5.74) is 0. The maximum atomic E-state index is 12.6. The van der Waals surface area contributed by atoms with Crippen LogP contribution < -0.4 is 0 Å². The molecule has 8 nitrogen and oxygen atoms in total. The normalized spacial score (nSPS) is 44.7. The van der Waals surface area contributed by atoms with Crippen LogP contribution in [0.5, 0.6) is 0 Å². The molecular formula is C20H26O8. The molecule has 0 aromatic heterocycles. The smallest absolute Gasteiger partial charge is 0.309 e. The molecule has 5 saturated carbocycles. The first kappa shape index (κ1) is 19.2. The molecule has 5 aliphatic carbocycles. The van der Waals surface area contributed by atoms with Gasteiger partial charge in [-0.3, -0.25) is 19.2 Å². The molecule has 2 bridgehead atoms. The van der Waals surface area contributed by atoms with Gasteiger partial charge in [0.05, 0.1) is 52.1 Å². The first-order valence-corrected chi connectivity index (χ1v) is 9.74. The predicted octanol–water partition coefficient (Wildman–Crippen LogP) is 0.675. The molecule has 5 rings (SSSR count). The van der Waals surface area contributed by atoms with E-state index in [0.29, 0.717) is 0 Å². The maximum Gasteiger partial charge on any atom is 0.309 e. The first-order valence-electron chi connectivity index (χ1n) is 9.74. The van der Waals surface area contributed by atoms with Gasteiger partial charge in [-0.25, -0.2) is 0 Å². The Hall–Kier alpha value is -2.12. The standard InChI is InChI=1S/C20H26O8/c1-25-17(21)11-7-5-6-8(12(11)18(22)26-2)10-9(7)13-14(10)16(20(24)28-4)15(13)19(23)27-3/h7-16H,5-6H2,1-4H3. The highest BCUT2D eigenvalue weighted by molar-refractivity contribution is 5.87. The van der Waals surface area contributed by atoms with E-state index in [-0.39, 0.29) is 35.5 Å². The Morgan fingerprint density at radius 2 is 0.786 bits per heavy atom.